The first-order valence-corrected chi connectivity index (χ1v) is 13.0. The lowest BCUT2D eigenvalue weighted by molar-refractivity contribution is -0.160. The Morgan fingerprint density at radius 1 is 1.11 bits per heavy atom. The van der Waals surface area contributed by atoms with E-state index in [4.69, 9.17) is 27.9 Å². The lowest BCUT2D eigenvalue weighted by atomic mass is 9.87. The number of hydrogen-bond donors (Lipinski definition) is 1. The summed E-state index contributed by atoms with van der Waals surface area (Å²) in [6.45, 7) is 4.93. The number of allylic oxidation sites excluding steroid dienone is 1. The first-order valence-electron chi connectivity index (χ1n) is 11.4. The van der Waals surface area contributed by atoms with Gasteiger partial charge in [-0.1, -0.05) is 41.4 Å². The highest BCUT2D eigenvalue weighted by Gasteiger charge is 2.58. The minimum atomic E-state index is -4.58. The predicted octanol–water partition coefficient (Wildman–Crippen LogP) is 8.83. The van der Waals surface area contributed by atoms with Crippen LogP contribution in [0.1, 0.15) is 61.9 Å². The van der Waals surface area contributed by atoms with Gasteiger partial charge in [-0.25, -0.2) is 14.5 Å². The quantitative estimate of drug-likeness (QED) is 0.397. The van der Waals surface area contributed by atoms with Crippen LogP contribution in [0.25, 0.3) is 5.57 Å². The number of aryl methyl sites for hydroxylation is 1. The van der Waals surface area contributed by atoms with Crippen molar-refractivity contribution in [2.45, 2.75) is 62.6 Å². The SMILES string of the molecule is CC(C)(C)OC(=O)N(C(=O)O)C1CCc2cc(C3=CSC(c4cc(Cl)cc(Cl)c4)(C(F)(F)F)C3)ccc21. The molecule has 0 fully saturated rings. The number of alkyl halides is 3. The molecule has 0 bridgehead atoms. The van der Waals surface area contributed by atoms with E-state index in [1.165, 1.54) is 23.6 Å². The van der Waals surface area contributed by atoms with Gasteiger partial charge in [-0.2, -0.15) is 13.2 Å². The maximum atomic E-state index is 14.4. The van der Waals surface area contributed by atoms with Gasteiger partial charge in [-0.3, -0.25) is 0 Å². The van der Waals surface area contributed by atoms with E-state index >= 15 is 0 Å². The summed E-state index contributed by atoms with van der Waals surface area (Å²) in [5.41, 5.74) is 1.60. The van der Waals surface area contributed by atoms with Gasteiger partial charge in [0.2, 0.25) is 0 Å². The standard InChI is InChI=1S/C26H24Cl2F3NO4S/c1-24(2,3)36-23(35)32(22(33)34)21-7-5-15-8-14(4-6-20(15)21)16-12-25(37-13-16,26(29,30)31)17-9-18(27)11-19(28)10-17/h4,6,8-11,13,21H,5,7,12H2,1-3H3,(H,33,34). The molecule has 2 amide bonds. The van der Waals surface area contributed by atoms with Gasteiger partial charge >= 0.3 is 18.4 Å². The van der Waals surface area contributed by atoms with Crippen LogP contribution in [0.5, 0.6) is 0 Å². The number of rotatable bonds is 3. The van der Waals surface area contributed by atoms with E-state index < -0.39 is 34.8 Å². The highest BCUT2D eigenvalue weighted by Crippen LogP contribution is 2.60. The normalized spacial score (nSPS) is 21.4. The molecular weight excluding hydrogens is 550 g/mol. The number of thioether (sulfide) groups is 1. The number of carbonyl (C=O) groups is 2. The van der Waals surface area contributed by atoms with Crippen molar-refractivity contribution in [2.24, 2.45) is 0 Å². The molecule has 2 atom stereocenters. The molecule has 2 aliphatic rings. The molecule has 1 aliphatic heterocycles. The second-order valence-corrected chi connectivity index (χ2v) is 12.1. The summed E-state index contributed by atoms with van der Waals surface area (Å²) in [6.07, 6.45) is -6.48. The van der Waals surface area contributed by atoms with Gasteiger partial charge in [0.15, 0.2) is 0 Å². The summed E-state index contributed by atoms with van der Waals surface area (Å²) < 4.78 is 46.3. The van der Waals surface area contributed by atoms with E-state index in [1.807, 2.05) is 0 Å². The maximum Gasteiger partial charge on any atom is 0.420 e. The number of carboxylic acid groups (broad SMARTS) is 1. The molecule has 0 saturated carbocycles. The maximum absolute atomic E-state index is 14.4. The molecule has 4 rings (SSSR count). The van der Waals surface area contributed by atoms with Gasteiger partial charge in [-0.05, 0) is 85.0 Å². The third-order valence-electron chi connectivity index (χ3n) is 6.30. The zero-order valence-electron chi connectivity index (χ0n) is 20.2. The molecule has 37 heavy (non-hydrogen) atoms. The fourth-order valence-electron chi connectivity index (χ4n) is 4.69. The zero-order chi connectivity index (χ0) is 27.3. The Morgan fingerprint density at radius 2 is 1.76 bits per heavy atom. The molecule has 1 N–H and O–H groups in total. The van der Waals surface area contributed by atoms with Crippen LogP contribution in [0.15, 0.2) is 41.8 Å². The smallest absolute Gasteiger partial charge is 0.420 e. The number of imide groups is 1. The van der Waals surface area contributed by atoms with E-state index in [9.17, 15) is 27.9 Å². The summed E-state index contributed by atoms with van der Waals surface area (Å²) in [7, 11) is 0. The number of ether oxygens (including phenoxy) is 1. The fraction of sp³-hybridized carbons (Fsp3) is 0.385. The van der Waals surface area contributed by atoms with Crippen molar-refractivity contribution in [1.29, 1.82) is 0 Å². The number of nitrogens with zero attached hydrogens (tertiary/aromatic N) is 1. The highest BCUT2D eigenvalue weighted by molar-refractivity contribution is 8.03. The van der Waals surface area contributed by atoms with E-state index in [2.05, 4.69) is 0 Å². The van der Waals surface area contributed by atoms with E-state index in [0.717, 1.165) is 5.56 Å². The lowest BCUT2D eigenvalue weighted by Gasteiger charge is -2.32. The van der Waals surface area contributed by atoms with E-state index in [-0.39, 0.29) is 22.0 Å². The fourth-order valence-corrected chi connectivity index (χ4v) is 6.41. The Kier molecular flexibility index (Phi) is 7.29. The second-order valence-electron chi connectivity index (χ2n) is 10.0. The Bertz CT molecular complexity index is 1270. The van der Waals surface area contributed by atoms with Gasteiger partial charge < -0.3 is 9.84 Å². The molecule has 5 nitrogen and oxygen atoms in total. The van der Waals surface area contributed by atoms with Crippen molar-refractivity contribution in [3.63, 3.8) is 0 Å². The summed E-state index contributed by atoms with van der Waals surface area (Å²) in [4.78, 5) is 25.2. The van der Waals surface area contributed by atoms with Crippen molar-refractivity contribution in [1.82, 2.24) is 4.90 Å². The first-order chi connectivity index (χ1) is 17.1. The third kappa shape index (κ3) is 5.45. The van der Waals surface area contributed by atoms with Crippen molar-refractivity contribution in [3.8, 4) is 0 Å². The number of hydrogen-bond acceptors (Lipinski definition) is 4. The summed E-state index contributed by atoms with van der Waals surface area (Å²) in [5.74, 6) is 0. The van der Waals surface area contributed by atoms with Crippen LogP contribution >= 0.6 is 35.0 Å². The minimum Gasteiger partial charge on any atom is -0.465 e. The Hall–Kier alpha value is -2.36. The first kappa shape index (κ1) is 27.7. The summed E-state index contributed by atoms with van der Waals surface area (Å²) in [5, 5.41) is 11.5. The van der Waals surface area contributed by atoms with Crippen molar-refractivity contribution < 1.29 is 32.6 Å². The Labute approximate surface area is 226 Å². The molecule has 0 radical (unpaired) electrons. The molecule has 198 valence electrons. The van der Waals surface area contributed by atoms with Crippen LogP contribution in [-0.4, -0.2) is 34.0 Å². The Morgan fingerprint density at radius 3 is 2.32 bits per heavy atom. The van der Waals surface area contributed by atoms with Crippen LogP contribution in [0.4, 0.5) is 22.8 Å². The number of halogens is 5. The molecule has 0 aromatic heterocycles. The topological polar surface area (TPSA) is 66.8 Å². The van der Waals surface area contributed by atoms with Crippen LogP contribution in [-0.2, 0) is 15.9 Å². The number of amides is 2. The number of benzene rings is 2. The largest absolute Gasteiger partial charge is 0.465 e. The van der Waals surface area contributed by atoms with Crippen LogP contribution in [0, 0.1) is 0 Å². The average Bonchev–Trinajstić information content (AvgIpc) is 3.37. The van der Waals surface area contributed by atoms with Crippen molar-refractivity contribution in [2.75, 3.05) is 0 Å². The van der Waals surface area contributed by atoms with Crippen LogP contribution in [0.2, 0.25) is 10.0 Å². The summed E-state index contributed by atoms with van der Waals surface area (Å²) >= 11 is 12.7. The molecule has 1 aliphatic carbocycles. The minimum absolute atomic E-state index is 0.0237. The molecule has 2 aromatic rings. The molecule has 1 heterocycles. The van der Waals surface area contributed by atoms with Crippen LogP contribution in [0.3, 0.4) is 0 Å². The van der Waals surface area contributed by atoms with Gasteiger partial charge in [0.1, 0.15) is 10.3 Å². The molecule has 0 spiro atoms. The predicted molar refractivity (Wildman–Crippen MR) is 138 cm³/mol. The van der Waals surface area contributed by atoms with E-state index in [0.29, 0.717) is 46.2 Å². The number of fused-ring (bicyclic) bond motifs is 1. The average molecular weight is 574 g/mol. The molecule has 0 saturated heterocycles. The molecule has 2 aromatic carbocycles. The monoisotopic (exact) mass is 573 g/mol. The van der Waals surface area contributed by atoms with Crippen LogP contribution < -0.4 is 0 Å². The lowest BCUT2D eigenvalue weighted by Crippen LogP contribution is -2.41. The molecule has 2 unspecified atom stereocenters. The zero-order valence-corrected chi connectivity index (χ0v) is 22.5. The van der Waals surface area contributed by atoms with Gasteiger partial charge in [0.25, 0.3) is 0 Å². The van der Waals surface area contributed by atoms with Crippen molar-refractivity contribution in [3.05, 3.63) is 74.1 Å². The third-order valence-corrected chi connectivity index (χ3v) is 8.15. The second kappa shape index (κ2) is 9.75. The van der Waals surface area contributed by atoms with Crippen molar-refractivity contribution >= 4 is 52.7 Å². The highest BCUT2D eigenvalue weighted by atomic mass is 35.5. The van der Waals surface area contributed by atoms with Gasteiger partial charge in [0, 0.05) is 16.5 Å². The van der Waals surface area contributed by atoms with E-state index in [1.54, 1.807) is 39.0 Å². The Balaban J connectivity index is 1.63. The van der Waals surface area contributed by atoms with Gasteiger partial charge in [-0.15, -0.1) is 11.8 Å². The molecular formula is C26H24Cl2F3NO4S. The molecule has 11 heteroatoms. The summed E-state index contributed by atoms with van der Waals surface area (Å²) in [6, 6.07) is 8.33. The van der Waals surface area contributed by atoms with Gasteiger partial charge in [0.05, 0.1) is 6.04 Å². The number of carbonyl (C=O) groups excluding carboxylic acids is 1.